The molecule has 3 aromatic heterocycles. The van der Waals surface area contributed by atoms with E-state index in [0.29, 0.717) is 33.9 Å². The molecule has 1 atom stereocenters. The van der Waals surface area contributed by atoms with E-state index in [2.05, 4.69) is 19.9 Å². The number of fused-ring (bicyclic) bond motifs is 1. The van der Waals surface area contributed by atoms with Crippen molar-refractivity contribution in [2.45, 2.75) is 24.8 Å². The first-order valence-corrected chi connectivity index (χ1v) is 8.35. The number of imidazole rings is 1. The van der Waals surface area contributed by atoms with E-state index < -0.39 is 17.8 Å². The molecule has 0 aliphatic rings. The second-order valence-corrected chi connectivity index (χ2v) is 6.47. The zero-order valence-electron chi connectivity index (χ0n) is 17.3. The molecule has 0 bridgehead atoms. The molecule has 0 saturated heterocycles. The molecular weight excluding hydrogens is 328 g/mol. The Labute approximate surface area is 147 Å². The van der Waals surface area contributed by atoms with E-state index in [0.717, 1.165) is 0 Å². The number of hydrogen-bond donors (Lipinski definition) is 1. The molecule has 1 unspecified atom stereocenters. The number of aromatic amines is 1. The van der Waals surface area contributed by atoms with Gasteiger partial charge in [0, 0.05) is 23.4 Å². The van der Waals surface area contributed by atoms with Crippen LogP contribution in [0, 0.1) is 13.8 Å². The molecule has 0 fully saturated rings. The van der Waals surface area contributed by atoms with Crippen molar-refractivity contribution in [3.8, 4) is 11.6 Å². The summed E-state index contributed by atoms with van der Waals surface area (Å²) in [4.78, 5) is 15.5. The van der Waals surface area contributed by atoms with E-state index in [1.54, 1.807) is 26.0 Å². The summed E-state index contributed by atoms with van der Waals surface area (Å²) in [5.74, 6) is 0.382. The topological polar surface area (TPSA) is 90.0 Å². The molecule has 0 amide bonds. The molecule has 8 heteroatoms. The fourth-order valence-corrected chi connectivity index (χ4v) is 3.34. The van der Waals surface area contributed by atoms with Gasteiger partial charge in [0.2, 0.25) is 5.88 Å². The Kier molecular flexibility index (Phi) is 3.27. The van der Waals surface area contributed by atoms with Crippen molar-refractivity contribution in [1.29, 1.82) is 0 Å². The molecule has 0 aromatic carbocycles. The third kappa shape index (κ3) is 2.96. The minimum Gasteiger partial charge on any atom is -0.496 e. The van der Waals surface area contributed by atoms with Gasteiger partial charge in [0.15, 0.2) is 10.8 Å². The zero-order valence-corrected chi connectivity index (χ0v) is 14.2. The Hall–Kier alpha value is -2.48. The van der Waals surface area contributed by atoms with E-state index in [1.807, 2.05) is 0 Å². The van der Waals surface area contributed by atoms with Gasteiger partial charge >= 0.3 is 0 Å². The molecule has 24 heavy (non-hydrogen) atoms. The minimum absolute atomic E-state index is 0.0583. The maximum absolute atomic E-state index is 12.8. The second kappa shape index (κ2) is 6.56. The van der Waals surface area contributed by atoms with Crippen LogP contribution in [-0.4, -0.2) is 38.3 Å². The van der Waals surface area contributed by atoms with E-state index >= 15 is 0 Å². The van der Waals surface area contributed by atoms with Crippen molar-refractivity contribution in [3.05, 3.63) is 35.1 Å². The van der Waals surface area contributed by atoms with Crippen LogP contribution < -0.4 is 9.47 Å². The van der Waals surface area contributed by atoms with Crippen LogP contribution in [-0.2, 0) is 16.6 Å². The summed E-state index contributed by atoms with van der Waals surface area (Å²) in [6.45, 7) is 3.18. The van der Waals surface area contributed by atoms with Gasteiger partial charge in [-0.15, -0.1) is 0 Å². The third-order valence-electron chi connectivity index (χ3n) is 3.57. The molecular formula is C16H18N4O3S. The summed E-state index contributed by atoms with van der Waals surface area (Å²) in [6, 6.07) is 3.37. The lowest BCUT2D eigenvalue weighted by Crippen LogP contribution is -2.05. The summed E-state index contributed by atoms with van der Waals surface area (Å²) in [5, 5.41) is 0.197. The smallest absolute Gasteiger partial charge is 0.215 e. The number of H-pyrrole nitrogens is 1. The minimum atomic E-state index is -2.66. The highest BCUT2D eigenvalue weighted by Crippen LogP contribution is 2.25. The average molecular weight is 350 g/mol. The van der Waals surface area contributed by atoms with Gasteiger partial charge in [-0.2, -0.15) is 4.98 Å². The number of rotatable bonds is 5. The summed E-state index contributed by atoms with van der Waals surface area (Å²) >= 11 is 0. The summed E-state index contributed by atoms with van der Waals surface area (Å²) in [6.07, 6.45) is -0.132. The normalized spacial score (nSPS) is 15.3. The number of hydrogen-bond acceptors (Lipinski definition) is 6. The van der Waals surface area contributed by atoms with Crippen LogP contribution >= 0.6 is 0 Å². The first-order chi connectivity index (χ1) is 13.1. The van der Waals surface area contributed by atoms with Gasteiger partial charge in [-0.05, 0) is 19.9 Å². The maximum atomic E-state index is 12.8. The van der Waals surface area contributed by atoms with Gasteiger partial charge in [0.25, 0.3) is 0 Å². The van der Waals surface area contributed by atoms with Crippen LogP contribution in [0.1, 0.15) is 22.3 Å². The van der Waals surface area contributed by atoms with Crippen LogP contribution in [0.25, 0.3) is 11.2 Å². The van der Waals surface area contributed by atoms with Gasteiger partial charge in [0.1, 0.15) is 5.75 Å². The highest BCUT2D eigenvalue weighted by molar-refractivity contribution is 7.84. The SMILES string of the molecule is [2H]c1nc(CS(=O)c2nc3nc(OC)ccc3[nH]2)c(C)c(OC([2H])([2H])[2H])c1C. The number of nitrogens with one attached hydrogen (secondary N) is 1. The summed E-state index contributed by atoms with van der Waals surface area (Å²) in [5.41, 5.74) is 2.01. The molecule has 7 nitrogen and oxygen atoms in total. The van der Waals surface area contributed by atoms with E-state index in [1.165, 1.54) is 7.11 Å². The third-order valence-corrected chi connectivity index (χ3v) is 4.73. The van der Waals surface area contributed by atoms with E-state index in [9.17, 15) is 4.21 Å². The van der Waals surface area contributed by atoms with Gasteiger partial charge in [-0.25, -0.2) is 4.98 Å². The maximum Gasteiger partial charge on any atom is 0.215 e. The van der Waals surface area contributed by atoms with Crippen molar-refractivity contribution >= 4 is 22.0 Å². The van der Waals surface area contributed by atoms with Gasteiger partial charge in [-0.1, -0.05) is 0 Å². The lowest BCUT2D eigenvalue weighted by molar-refractivity contribution is 0.399. The Morgan fingerprint density at radius 3 is 2.92 bits per heavy atom. The fraction of sp³-hybridized carbons (Fsp3) is 0.312. The Balaban J connectivity index is 1.94. The Morgan fingerprint density at radius 2 is 2.17 bits per heavy atom. The highest BCUT2D eigenvalue weighted by Gasteiger charge is 2.16. The monoisotopic (exact) mass is 350 g/mol. The summed E-state index contributed by atoms with van der Waals surface area (Å²) < 4.78 is 52.8. The van der Waals surface area contributed by atoms with Crippen molar-refractivity contribution in [2.24, 2.45) is 0 Å². The molecule has 0 radical (unpaired) electrons. The van der Waals surface area contributed by atoms with Crippen LogP contribution in [0.15, 0.2) is 23.5 Å². The molecule has 0 aliphatic heterocycles. The molecule has 126 valence electrons. The quantitative estimate of drug-likeness (QED) is 0.759. The number of methoxy groups -OCH3 is 2. The van der Waals surface area contributed by atoms with Crippen molar-refractivity contribution in [1.82, 2.24) is 19.9 Å². The highest BCUT2D eigenvalue weighted by atomic mass is 32.2. The number of pyridine rings is 2. The fourth-order valence-electron chi connectivity index (χ4n) is 2.26. The van der Waals surface area contributed by atoms with Gasteiger partial charge in [0.05, 0.1) is 47.4 Å². The molecule has 3 aromatic rings. The molecule has 1 N–H and O–H groups in total. The zero-order chi connectivity index (χ0) is 20.6. The Bertz CT molecular complexity index is 1070. The molecule has 3 rings (SSSR count). The lowest BCUT2D eigenvalue weighted by Gasteiger charge is -2.11. The van der Waals surface area contributed by atoms with Crippen LogP contribution in [0.4, 0.5) is 0 Å². The standard InChI is InChI=1S/C16H18N4O3S/c1-9-7-17-12(10(2)14(9)23-4)8-24(21)16-18-11-5-6-13(22-3)19-15(11)20-16/h5-7H,8H2,1-4H3,(H,18,19,20)/i4D3,7D. The largest absolute Gasteiger partial charge is 0.496 e. The van der Waals surface area contributed by atoms with E-state index in [-0.39, 0.29) is 22.8 Å². The van der Waals surface area contributed by atoms with Crippen LogP contribution in [0.5, 0.6) is 11.6 Å². The number of aromatic nitrogens is 4. The predicted octanol–water partition coefficient (Wildman–Crippen LogP) is 2.29. The van der Waals surface area contributed by atoms with Gasteiger partial charge in [-0.3, -0.25) is 9.19 Å². The number of nitrogens with zero attached hydrogens (tertiary/aromatic N) is 3. The second-order valence-electron chi connectivity index (χ2n) is 5.11. The molecule has 3 heterocycles. The predicted molar refractivity (Wildman–Crippen MR) is 90.8 cm³/mol. The summed E-state index contributed by atoms with van der Waals surface area (Å²) in [7, 11) is -2.80. The van der Waals surface area contributed by atoms with Crippen molar-refractivity contribution in [2.75, 3.05) is 14.1 Å². The molecule has 0 saturated carbocycles. The number of ether oxygens (including phenoxy) is 2. The molecule has 0 spiro atoms. The first-order valence-electron chi connectivity index (χ1n) is 9.04. The molecule has 0 aliphatic carbocycles. The average Bonchev–Trinajstić information content (AvgIpc) is 3.05. The Morgan fingerprint density at radius 1 is 1.33 bits per heavy atom. The van der Waals surface area contributed by atoms with Crippen LogP contribution in [0.2, 0.25) is 0 Å². The first kappa shape index (κ1) is 12.0. The van der Waals surface area contributed by atoms with Crippen molar-refractivity contribution < 1.29 is 19.2 Å². The van der Waals surface area contributed by atoms with Crippen molar-refractivity contribution in [3.63, 3.8) is 0 Å². The lowest BCUT2D eigenvalue weighted by atomic mass is 10.1. The van der Waals surface area contributed by atoms with Gasteiger partial charge < -0.3 is 14.5 Å². The van der Waals surface area contributed by atoms with E-state index in [4.69, 9.17) is 15.0 Å². The van der Waals surface area contributed by atoms with Crippen LogP contribution in [0.3, 0.4) is 0 Å².